The number of hydrogen-bond donors (Lipinski definition) is 3. The summed E-state index contributed by atoms with van der Waals surface area (Å²) in [6.07, 6.45) is 8.04. The summed E-state index contributed by atoms with van der Waals surface area (Å²) in [7, 11) is 2.14. The topological polar surface area (TPSA) is 101 Å². The summed E-state index contributed by atoms with van der Waals surface area (Å²) < 4.78 is 30.0. The number of carbonyl (C=O) groups is 1. The Morgan fingerprint density at radius 1 is 1.23 bits per heavy atom. The molecule has 260 valence electrons. The van der Waals surface area contributed by atoms with Crippen molar-refractivity contribution in [1.29, 1.82) is 0 Å². The molecule has 2 saturated heterocycles. The molecule has 4 aliphatic carbocycles. The van der Waals surface area contributed by atoms with E-state index in [1.54, 1.807) is 6.07 Å². The molecule has 10 heteroatoms. The van der Waals surface area contributed by atoms with Gasteiger partial charge in [-0.3, -0.25) is 9.69 Å². The number of benzene rings is 1. The van der Waals surface area contributed by atoms with Gasteiger partial charge in [-0.05, 0) is 98.6 Å². The van der Waals surface area contributed by atoms with Gasteiger partial charge in [0.1, 0.15) is 19.0 Å². The first kappa shape index (κ1) is 32.7. The Bertz CT molecular complexity index is 1620. The van der Waals surface area contributed by atoms with Gasteiger partial charge in [0.05, 0.1) is 42.9 Å². The van der Waals surface area contributed by atoms with Gasteiger partial charge in [0.2, 0.25) is 0 Å². The SMILES string of the molecule is CCC[C@@H]1O[C@@H]2C[C@H]3[C@@H]4CCC5=Cc6c(cnn6-c6ccc(F)c(C[NH+]7CCN(C)CC7)c6)C[C@]5(C)[C@H]4[C@@H](O)C[C@]3(C)[C@]2(C(=O)CO)O1. The number of aromatic nitrogens is 2. The Labute approximate surface area is 283 Å². The van der Waals surface area contributed by atoms with Crippen LogP contribution < -0.4 is 4.90 Å². The fourth-order valence-electron chi connectivity index (χ4n) is 11.4. The highest BCUT2D eigenvalue weighted by Gasteiger charge is 2.75. The van der Waals surface area contributed by atoms with E-state index in [9.17, 15) is 15.0 Å². The number of allylic oxidation sites excluding steroid dienone is 1. The fourth-order valence-corrected chi connectivity index (χ4v) is 11.4. The molecule has 3 heterocycles. The molecule has 0 radical (unpaired) electrons. The molecule has 1 aromatic heterocycles. The quantitative estimate of drug-likeness (QED) is 0.419. The van der Waals surface area contributed by atoms with E-state index in [-0.39, 0.29) is 34.8 Å². The van der Waals surface area contributed by atoms with Crippen LogP contribution in [0.15, 0.2) is 30.0 Å². The number of aliphatic hydroxyl groups excluding tert-OH is 2. The van der Waals surface area contributed by atoms with Gasteiger partial charge < -0.3 is 24.6 Å². The zero-order valence-electron chi connectivity index (χ0n) is 28.9. The molecule has 1 aromatic carbocycles. The molecule has 0 spiro atoms. The number of piperazine rings is 1. The van der Waals surface area contributed by atoms with E-state index in [1.807, 2.05) is 23.0 Å². The van der Waals surface area contributed by atoms with Gasteiger partial charge in [-0.1, -0.05) is 32.8 Å². The Morgan fingerprint density at radius 3 is 2.77 bits per heavy atom. The highest BCUT2D eigenvalue weighted by Crippen LogP contribution is 2.70. The lowest BCUT2D eigenvalue weighted by Gasteiger charge is -2.60. The number of Topliss-reactive ketones (excluding diaryl/α,β-unsaturated/α-hetero) is 1. The predicted molar refractivity (Wildman–Crippen MR) is 178 cm³/mol. The molecule has 9 atom stereocenters. The highest BCUT2D eigenvalue weighted by atomic mass is 19.1. The molecular weight excluding hydrogens is 611 g/mol. The zero-order valence-corrected chi connectivity index (χ0v) is 28.9. The molecule has 0 amide bonds. The minimum absolute atomic E-state index is 0.0163. The van der Waals surface area contributed by atoms with E-state index in [4.69, 9.17) is 14.6 Å². The Kier molecular flexibility index (Phi) is 8.05. The molecule has 0 unspecified atom stereocenters. The van der Waals surface area contributed by atoms with Gasteiger partial charge >= 0.3 is 0 Å². The lowest BCUT2D eigenvalue weighted by molar-refractivity contribution is -0.918. The average Bonchev–Trinajstić information content (AvgIpc) is 3.70. The van der Waals surface area contributed by atoms with Crippen molar-refractivity contribution in [3.63, 3.8) is 0 Å². The fraction of sp³-hybridized carbons (Fsp3) is 0.684. The molecule has 5 fully saturated rings. The van der Waals surface area contributed by atoms with Crippen LogP contribution in [0.3, 0.4) is 0 Å². The first-order valence-electron chi connectivity index (χ1n) is 18.3. The van der Waals surface area contributed by atoms with Crippen molar-refractivity contribution >= 4 is 11.9 Å². The summed E-state index contributed by atoms with van der Waals surface area (Å²) in [5.74, 6) is -0.129. The van der Waals surface area contributed by atoms with Crippen LogP contribution >= 0.6 is 0 Å². The van der Waals surface area contributed by atoms with Crippen molar-refractivity contribution in [1.82, 2.24) is 14.7 Å². The molecule has 48 heavy (non-hydrogen) atoms. The summed E-state index contributed by atoms with van der Waals surface area (Å²) in [5.41, 5.74) is 3.01. The maximum absolute atomic E-state index is 15.0. The molecule has 3 N–H and O–H groups in total. The average molecular weight is 664 g/mol. The normalized spacial score (nSPS) is 39.3. The van der Waals surface area contributed by atoms with Crippen molar-refractivity contribution in [2.75, 3.05) is 39.8 Å². The minimum atomic E-state index is -1.23. The number of quaternary nitrogens is 1. The number of aliphatic hydroxyl groups is 2. The summed E-state index contributed by atoms with van der Waals surface area (Å²) in [4.78, 5) is 17.3. The molecule has 6 aliphatic rings. The van der Waals surface area contributed by atoms with Crippen LogP contribution in [0.1, 0.15) is 76.1 Å². The second-order valence-corrected chi connectivity index (χ2v) is 16.3. The summed E-state index contributed by atoms with van der Waals surface area (Å²) in [6, 6.07) is 5.38. The lowest BCUT2D eigenvalue weighted by Crippen LogP contribution is -3.13. The maximum Gasteiger partial charge on any atom is 0.193 e. The third kappa shape index (κ3) is 4.69. The number of nitrogens with one attached hydrogen (secondary N) is 1. The van der Waals surface area contributed by atoms with Crippen LogP contribution in [0.5, 0.6) is 0 Å². The van der Waals surface area contributed by atoms with Crippen molar-refractivity contribution in [2.24, 2.45) is 28.6 Å². The molecule has 2 aromatic rings. The Balaban J connectivity index is 1.08. The van der Waals surface area contributed by atoms with Gasteiger partial charge in [0.15, 0.2) is 17.7 Å². The number of ether oxygens (including phenoxy) is 2. The summed E-state index contributed by atoms with van der Waals surface area (Å²) in [6.45, 7) is 10.6. The van der Waals surface area contributed by atoms with Crippen LogP contribution in [0, 0.1) is 34.4 Å². The van der Waals surface area contributed by atoms with Crippen LogP contribution in [0.4, 0.5) is 4.39 Å². The second-order valence-electron chi connectivity index (χ2n) is 16.3. The maximum atomic E-state index is 15.0. The number of ketones is 1. The predicted octanol–water partition coefficient (Wildman–Crippen LogP) is 2.95. The number of rotatable bonds is 7. The summed E-state index contributed by atoms with van der Waals surface area (Å²) in [5, 5.41) is 27.2. The summed E-state index contributed by atoms with van der Waals surface area (Å²) >= 11 is 0. The lowest BCUT2D eigenvalue weighted by atomic mass is 9.45. The number of halogens is 1. The first-order chi connectivity index (χ1) is 23.0. The van der Waals surface area contributed by atoms with Crippen LogP contribution in [0.25, 0.3) is 11.8 Å². The first-order valence-corrected chi connectivity index (χ1v) is 18.3. The molecule has 3 saturated carbocycles. The molecule has 9 nitrogen and oxygen atoms in total. The van der Waals surface area contributed by atoms with Crippen LogP contribution in [-0.4, -0.2) is 94.6 Å². The van der Waals surface area contributed by atoms with Gasteiger partial charge in [0, 0.05) is 24.1 Å². The number of hydrogen-bond acceptors (Lipinski definition) is 7. The van der Waals surface area contributed by atoms with Crippen molar-refractivity contribution in [3.05, 3.63) is 52.6 Å². The smallest absolute Gasteiger partial charge is 0.193 e. The number of likely N-dealkylation sites (N-methyl/N-ethyl adjacent to an activating group) is 1. The number of nitrogens with zero attached hydrogens (tertiary/aromatic N) is 3. The molecule has 8 rings (SSSR count). The van der Waals surface area contributed by atoms with E-state index in [1.165, 1.54) is 10.5 Å². The van der Waals surface area contributed by atoms with E-state index in [2.05, 4.69) is 38.8 Å². The van der Waals surface area contributed by atoms with Crippen LogP contribution in [-0.2, 0) is 27.2 Å². The Morgan fingerprint density at radius 2 is 2.02 bits per heavy atom. The zero-order chi connectivity index (χ0) is 33.6. The van der Waals surface area contributed by atoms with E-state index >= 15 is 4.39 Å². The highest BCUT2D eigenvalue weighted by molar-refractivity contribution is 5.91. The number of carbonyl (C=O) groups excluding carboxylic acids is 1. The standard InChI is InChI=1S/C38H51FN4O5/c1-5-6-34-47-33-17-28-27-9-7-25-16-30-24(18-36(25,2)35(27)31(45)19-37(28,3)38(33,48-34)32(46)22-44)20-40-43(30)26-8-10-29(39)23(15-26)21-42-13-11-41(4)12-14-42/h8,10,15-16,20,27-28,31,33-35,44-45H,5-7,9,11-14,17-19,21-22H2,1-4H3/p+1/t27-,28-,31-,33+,34+,35+,36-,37-,38+/m0/s1. The molecular formula is C38H52FN4O5+. The second kappa shape index (κ2) is 11.8. The number of fused-ring (bicyclic) bond motifs is 8. The van der Waals surface area contributed by atoms with E-state index in [0.717, 1.165) is 74.4 Å². The largest absolute Gasteiger partial charge is 0.393 e. The van der Waals surface area contributed by atoms with Gasteiger partial charge in [-0.25, -0.2) is 9.07 Å². The van der Waals surface area contributed by atoms with Gasteiger partial charge in [0.25, 0.3) is 0 Å². The minimum Gasteiger partial charge on any atom is -0.393 e. The van der Waals surface area contributed by atoms with Crippen molar-refractivity contribution in [3.8, 4) is 5.69 Å². The third-order valence-corrected chi connectivity index (χ3v) is 13.7. The third-order valence-electron chi connectivity index (χ3n) is 13.7. The van der Waals surface area contributed by atoms with Crippen LogP contribution in [0.2, 0.25) is 0 Å². The van der Waals surface area contributed by atoms with E-state index < -0.39 is 36.1 Å². The van der Waals surface area contributed by atoms with Gasteiger partial charge in [-0.2, -0.15) is 5.10 Å². The Hall–Kier alpha value is -2.47. The van der Waals surface area contributed by atoms with E-state index in [0.29, 0.717) is 25.8 Å². The van der Waals surface area contributed by atoms with Gasteiger partial charge in [-0.15, -0.1) is 0 Å². The molecule has 2 aliphatic heterocycles. The molecule has 0 bridgehead atoms. The van der Waals surface area contributed by atoms with Crippen molar-refractivity contribution < 1.29 is 33.8 Å². The monoisotopic (exact) mass is 663 g/mol. The van der Waals surface area contributed by atoms with Crippen molar-refractivity contribution in [2.45, 2.75) is 96.4 Å².